The third kappa shape index (κ3) is 4.29. The van der Waals surface area contributed by atoms with Crippen molar-refractivity contribution in [2.24, 2.45) is 0 Å². The summed E-state index contributed by atoms with van der Waals surface area (Å²) in [6.45, 7) is 2.21. The summed E-state index contributed by atoms with van der Waals surface area (Å²) in [7, 11) is 0. The third-order valence-electron chi connectivity index (χ3n) is 3.72. The van der Waals surface area contributed by atoms with Crippen LogP contribution in [0.15, 0.2) is 11.6 Å². The summed E-state index contributed by atoms with van der Waals surface area (Å²) in [4.78, 5) is 18.5. The molecule has 0 N–H and O–H groups in total. The number of hydrogen-bond donors (Lipinski definition) is 0. The van der Waals surface area contributed by atoms with Gasteiger partial charge in [-0.05, 0) is 19.3 Å². The fourth-order valence-corrected chi connectivity index (χ4v) is 3.26. The molecule has 0 saturated heterocycles. The number of carbonyl (C=O) groups is 1. The molecule has 0 aliphatic heterocycles. The molecule has 4 nitrogen and oxygen atoms in total. The summed E-state index contributed by atoms with van der Waals surface area (Å²) in [5.74, 6) is 2.46. The molecular formula is C16H22N2O2S. The van der Waals surface area contributed by atoms with Gasteiger partial charge in [0.2, 0.25) is 0 Å². The van der Waals surface area contributed by atoms with Gasteiger partial charge in [0.25, 0.3) is 5.91 Å². The summed E-state index contributed by atoms with van der Waals surface area (Å²) < 4.78 is 6.04. The van der Waals surface area contributed by atoms with E-state index in [1.165, 1.54) is 30.6 Å². The molecule has 1 amide bonds. The van der Waals surface area contributed by atoms with Crippen molar-refractivity contribution in [2.75, 3.05) is 11.4 Å². The van der Waals surface area contributed by atoms with Crippen LogP contribution < -0.4 is 4.90 Å². The van der Waals surface area contributed by atoms with Crippen LogP contribution in [-0.4, -0.2) is 29.6 Å². The molecule has 1 aliphatic rings. The molecule has 1 saturated carbocycles. The Labute approximate surface area is 130 Å². The Bertz CT molecular complexity index is 475. The van der Waals surface area contributed by atoms with Gasteiger partial charge in [0.1, 0.15) is 6.10 Å². The normalized spacial score (nSPS) is 17.1. The molecular weight excluding hydrogens is 284 g/mol. The maximum Gasteiger partial charge on any atom is 0.258 e. The van der Waals surface area contributed by atoms with Gasteiger partial charge in [0.15, 0.2) is 5.13 Å². The minimum atomic E-state index is -0.426. The standard InChI is InChI=1S/C16H22N2O2S/c1-3-11-18(16-17-10-12-21-16)15(19)14(4-2)20-13-8-6-5-7-9-13/h1,10,12-14H,4-9,11H2,2H3/t14-/m0/s1. The zero-order valence-electron chi connectivity index (χ0n) is 12.5. The molecule has 0 radical (unpaired) electrons. The Balaban J connectivity index is 2.04. The summed E-state index contributed by atoms with van der Waals surface area (Å²) in [6, 6.07) is 0. The zero-order chi connectivity index (χ0) is 15.1. The monoisotopic (exact) mass is 306 g/mol. The number of thiazole rings is 1. The average molecular weight is 306 g/mol. The second kappa shape index (κ2) is 8.16. The van der Waals surface area contributed by atoms with Crippen molar-refractivity contribution < 1.29 is 9.53 Å². The molecule has 1 aromatic heterocycles. The molecule has 1 heterocycles. The molecule has 114 valence electrons. The summed E-state index contributed by atoms with van der Waals surface area (Å²) in [5, 5.41) is 2.48. The van der Waals surface area contributed by atoms with Gasteiger partial charge in [-0.25, -0.2) is 4.98 Å². The second-order valence-electron chi connectivity index (χ2n) is 5.24. The highest BCUT2D eigenvalue weighted by molar-refractivity contribution is 7.13. The molecule has 1 atom stereocenters. The van der Waals surface area contributed by atoms with E-state index < -0.39 is 6.10 Å². The SMILES string of the molecule is C#CCN(C(=O)[C@H](CC)OC1CCCCC1)c1nccs1. The van der Waals surface area contributed by atoms with Gasteiger partial charge < -0.3 is 4.74 Å². The zero-order valence-corrected chi connectivity index (χ0v) is 13.3. The molecule has 1 aliphatic carbocycles. The molecule has 0 spiro atoms. The van der Waals surface area contributed by atoms with E-state index in [2.05, 4.69) is 10.9 Å². The van der Waals surface area contributed by atoms with Crippen LogP contribution in [0.2, 0.25) is 0 Å². The van der Waals surface area contributed by atoms with Crippen molar-refractivity contribution >= 4 is 22.4 Å². The lowest BCUT2D eigenvalue weighted by molar-refractivity contribution is -0.135. The largest absolute Gasteiger partial charge is 0.365 e. The third-order valence-corrected chi connectivity index (χ3v) is 4.52. The van der Waals surface area contributed by atoms with Crippen LogP contribution in [0, 0.1) is 12.3 Å². The Morgan fingerprint density at radius 1 is 1.57 bits per heavy atom. The van der Waals surface area contributed by atoms with Crippen LogP contribution in [0.4, 0.5) is 5.13 Å². The maximum atomic E-state index is 12.7. The van der Waals surface area contributed by atoms with E-state index in [4.69, 9.17) is 11.2 Å². The molecule has 1 fully saturated rings. The minimum absolute atomic E-state index is 0.0732. The van der Waals surface area contributed by atoms with Gasteiger partial charge in [0, 0.05) is 11.6 Å². The Kier molecular flexibility index (Phi) is 6.21. The lowest BCUT2D eigenvalue weighted by Crippen LogP contribution is -2.42. The predicted molar refractivity (Wildman–Crippen MR) is 85.3 cm³/mol. The number of carbonyl (C=O) groups excluding carboxylic acids is 1. The smallest absolute Gasteiger partial charge is 0.258 e. The first-order chi connectivity index (χ1) is 10.3. The van der Waals surface area contributed by atoms with E-state index in [9.17, 15) is 4.79 Å². The molecule has 5 heteroatoms. The topological polar surface area (TPSA) is 42.4 Å². The van der Waals surface area contributed by atoms with Crippen molar-refractivity contribution in [3.8, 4) is 12.3 Å². The van der Waals surface area contributed by atoms with Crippen LogP contribution in [0.3, 0.4) is 0 Å². The lowest BCUT2D eigenvalue weighted by atomic mass is 9.97. The lowest BCUT2D eigenvalue weighted by Gasteiger charge is -2.29. The molecule has 2 rings (SSSR count). The first-order valence-corrected chi connectivity index (χ1v) is 8.44. The van der Waals surface area contributed by atoms with E-state index in [0.717, 1.165) is 12.8 Å². The van der Waals surface area contributed by atoms with Crippen molar-refractivity contribution in [1.29, 1.82) is 0 Å². The van der Waals surface area contributed by atoms with Crippen molar-refractivity contribution in [3.05, 3.63) is 11.6 Å². The van der Waals surface area contributed by atoms with Crippen molar-refractivity contribution in [1.82, 2.24) is 4.98 Å². The van der Waals surface area contributed by atoms with E-state index in [-0.39, 0.29) is 18.6 Å². The number of nitrogens with zero attached hydrogens (tertiary/aromatic N) is 2. The Morgan fingerprint density at radius 3 is 2.90 bits per heavy atom. The Hall–Kier alpha value is -1.38. The Morgan fingerprint density at radius 2 is 2.33 bits per heavy atom. The summed E-state index contributed by atoms with van der Waals surface area (Å²) in [6.07, 6.45) is 13.3. The highest BCUT2D eigenvalue weighted by Crippen LogP contribution is 2.24. The highest BCUT2D eigenvalue weighted by Gasteiger charge is 2.28. The molecule has 21 heavy (non-hydrogen) atoms. The number of hydrogen-bond acceptors (Lipinski definition) is 4. The van der Waals surface area contributed by atoms with Gasteiger partial charge in [-0.1, -0.05) is 32.1 Å². The molecule has 0 unspecified atom stereocenters. The number of terminal acetylenes is 1. The molecule has 0 aromatic carbocycles. The fraction of sp³-hybridized carbons (Fsp3) is 0.625. The van der Waals surface area contributed by atoms with Gasteiger partial charge in [-0.3, -0.25) is 9.69 Å². The fourth-order valence-electron chi connectivity index (χ4n) is 2.62. The van der Waals surface area contributed by atoms with Crippen LogP contribution in [0.1, 0.15) is 45.4 Å². The van der Waals surface area contributed by atoms with Gasteiger partial charge in [-0.15, -0.1) is 17.8 Å². The van der Waals surface area contributed by atoms with Crippen LogP contribution in [0.25, 0.3) is 0 Å². The first-order valence-electron chi connectivity index (χ1n) is 7.56. The first kappa shape index (κ1) is 16.0. The number of anilines is 1. The van der Waals surface area contributed by atoms with Crippen LogP contribution in [0.5, 0.6) is 0 Å². The minimum Gasteiger partial charge on any atom is -0.365 e. The summed E-state index contributed by atoms with van der Waals surface area (Å²) >= 11 is 1.42. The quantitative estimate of drug-likeness (QED) is 0.758. The number of aromatic nitrogens is 1. The van der Waals surface area contributed by atoms with E-state index in [0.29, 0.717) is 11.6 Å². The number of ether oxygens (including phenoxy) is 1. The van der Waals surface area contributed by atoms with Crippen molar-refractivity contribution in [3.63, 3.8) is 0 Å². The van der Waals surface area contributed by atoms with E-state index >= 15 is 0 Å². The molecule has 0 bridgehead atoms. The summed E-state index contributed by atoms with van der Waals surface area (Å²) in [5.41, 5.74) is 0. The second-order valence-corrected chi connectivity index (χ2v) is 6.11. The van der Waals surface area contributed by atoms with Gasteiger partial charge in [-0.2, -0.15) is 0 Å². The highest BCUT2D eigenvalue weighted by atomic mass is 32.1. The average Bonchev–Trinajstić information content (AvgIpc) is 3.04. The maximum absolute atomic E-state index is 12.7. The van der Waals surface area contributed by atoms with Crippen LogP contribution >= 0.6 is 11.3 Å². The number of amides is 1. The van der Waals surface area contributed by atoms with Gasteiger partial charge in [0.05, 0.1) is 12.6 Å². The molecule has 1 aromatic rings. The van der Waals surface area contributed by atoms with E-state index in [1.807, 2.05) is 12.3 Å². The number of rotatable bonds is 6. The van der Waals surface area contributed by atoms with Crippen molar-refractivity contribution in [2.45, 2.75) is 57.7 Å². The van der Waals surface area contributed by atoms with Crippen LogP contribution in [-0.2, 0) is 9.53 Å². The predicted octanol–water partition coefficient (Wildman–Crippen LogP) is 3.24. The van der Waals surface area contributed by atoms with E-state index in [1.54, 1.807) is 11.1 Å². The van der Waals surface area contributed by atoms with Gasteiger partial charge >= 0.3 is 0 Å².